The van der Waals surface area contributed by atoms with Gasteiger partial charge >= 0.3 is 0 Å². The number of rotatable bonds is 2. The third-order valence-electron chi connectivity index (χ3n) is 6.44. The van der Waals surface area contributed by atoms with Crippen LogP contribution in [0.25, 0.3) is 22.4 Å². The SMILES string of the molecule is Cc1cc(-c2c(C)cc(C)c3c2Cc2c(CC(C)(C)C)cccc2-3)[n+](C)cc1C. The molecule has 0 radical (unpaired) electrons. The van der Waals surface area contributed by atoms with Crippen LogP contribution < -0.4 is 4.57 Å². The second-order valence-corrected chi connectivity index (χ2v) is 10.2. The predicted octanol–water partition coefficient (Wildman–Crippen LogP) is 6.57. The second-order valence-electron chi connectivity index (χ2n) is 10.2. The van der Waals surface area contributed by atoms with Crippen molar-refractivity contribution in [3.8, 4) is 22.4 Å². The molecule has 1 aliphatic rings. The predicted molar refractivity (Wildman–Crippen MR) is 123 cm³/mol. The van der Waals surface area contributed by atoms with E-state index in [4.69, 9.17) is 0 Å². The minimum atomic E-state index is 0.290. The summed E-state index contributed by atoms with van der Waals surface area (Å²) in [7, 11) is 2.18. The summed E-state index contributed by atoms with van der Waals surface area (Å²) in [6.45, 7) is 16.0. The van der Waals surface area contributed by atoms with E-state index >= 15 is 0 Å². The van der Waals surface area contributed by atoms with E-state index in [1.165, 1.54) is 55.8 Å². The monoisotopic (exact) mass is 384 g/mol. The smallest absolute Gasteiger partial charge is 0.201 e. The Labute approximate surface area is 176 Å². The van der Waals surface area contributed by atoms with Gasteiger partial charge in [0.05, 0.1) is 5.56 Å². The molecule has 1 aliphatic carbocycles. The Morgan fingerprint density at radius 2 is 1.52 bits per heavy atom. The zero-order valence-corrected chi connectivity index (χ0v) is 19.3. The van der Waals surface area contributed by atoms with E-state index in [0.717, 1.165) is 12.8 Å². The van der Waals surface area contributed by atoms with Crippen LogP contribution in [0.1, 0.15) is 59.7 Å². The highest BCUT2D eigenvalue weighted by Crippen LogP contribution is 2.46. The first-order valence-electron chi connectivity index (χ1n) is 10.8. The van der Waals surface area contributed by atoms with Crippen LogP contribution in [0.4, 0.5) is 0 Å². The third-order valence-corrected chi connectivity index (χ3v) is 6.44. The molecule has 0 aliphatic heterocycles. The second kappa shape index (κ2) is 6.83. The van der Waals surface area contributed by atoms with Gasteiger partial charge in [-0.15, -0.1) is 0 Å². The summed E-state index contributed by atoms with van der Waals surface area (Å²) in [4.78, 5) is 0. The Morgan fingerprint density at radius 1 is 0.828 bits per heavy atom. The first-order chi connectivity index (χ1) is 13.6. The molecule has 0 saturated carbocycles. The van der Waals surface area contributed by atoms with Gasteiger partial charge < -0.3 is 0 Å². The highest BCUT2D eigenvalue weighted by Gasteiger charge is 2.30. The van der Waals surface area contributed by atoms with Crippen LogP contribution in [0, 0.1) is 33.1 Å². The molecule has 3 aromatic rings. The summed E-state index contributed by atoms with van der Waals surface area (Å²) < 4.78 is 2.30. The van der Waals surface area contributed by atoms with E-state index in [0.29, 0.717) is 0 Å². The average Bonchev–Trinajstić information content (AvgIpc) is 2.98. The van der Waals surface area contributed by atoms with Gasteiger partial charge in [0.2, 0.25) is 5.69 Å². The van der Waals surface area contributed by atoms with Crippen molar-refractivity contribution < 1.29 is 4.57 Å². The van der Waals surface area contributed by atoms with E-state index in [1.807, 2.05) is 0 Å². The molecule has 4 rings (SSSR count). The molecule has 0 fully saturated rings. The van der Waals surface area contributed by atoms with Gasteiger partial charge in [-0.1, -0.05) is 45.0 Å². The lowest BCUT2D eigenvalue weighted by Crippen LogP contribution is -2.32. The van der Waals surface area contributed by atoms with Crippen LogP contribution in [0.3, 0.4) is 0 Å². The molecule has 2 aromatic carbocycles. The normalized spacial score (nSPS) is 12.8. The maximum atomic E-state index is 2.38. The summed E-state index contributed by atoms with van der Waals surface area (Å²) in [6.07, 6.45) is 4.43. The van der Waals surface area contributed by atoms with Crippen molar-refractivity contribution in [3.05, 3.63) is 75.5 Å². The fourth-order valence-electron chi connectivity index (χ4n) is 5.10. The van der Waals surface area contributed by atoms with E-state index in [1.54, 1.807) is 5.56 Å². The van der Waals surface area contributed by atoms with Crippen LogP contribution in [-0.2, 0) is 19.9 Å². The standard InChI is InChI=1S/C28H34N/c1-17-13-25(29(8)16-20(17)4)27-19(3)12-18(2)26-22-11-9-10-21(15-28(5,6)7)23(22)14-24(26)27/h9-13,16H,14-15H2,1-8H3/q+1. The Balaban J connectivity index is 1.96. The average molecular weight is 385 g/mol. The van der Waals surface area contributed by atoms with Crippen molar-refractivity contribution in [2.75, 3.05) is 0 Å². The van der Waals surface area contributed by atoms with Crippen molar-refractivity contribution in [2.45, 2.75) is 61.3 Å². The van der Waals surface area contributed by atoms with Gasteiger partial charge in [-0.25, -0.2) is 4.57 Å². The molecule has 1 heteroatoms. The molecule has 0 amide bonds. The molecule has 0 unspecified atom stereocenters. The minimum Gasteiger partial charge on any atom is -0.201 e. The molecule has 1 heterocycles. The Hall–Kier alpha value is -2.41. The first kappa shape index (κ1) is 19.9. The fraction of sp³-hybridized carbons (Fsp3) is 0.393. The van der Waals surface area contributed by atoms with Crippen LogP contribution in [0.5, 0.6) is 0 Å². The third kappa shape index (κ3) is 3.41. The molecule has 0 atom stereocenters. The van der Waals surface area contributed by atoms with Crippen LogP contribution >= 0.6 is 0 Å². The number of aromatic nitrogens is 1. The molecule has 0 spiro atoms. The number of nitrogens with zero attached hydrogens (tertiary/aromatic N) is 1. The number of aryl methyl sites for hydroxylation is 5. The van der Waals surface area contributed by atoms with Crippen molar-refractivity contribution in [1.29, 1.82) is 0 Å². The zero-order valence-electron chi connectivity index (χ0n) is 19.3. The largest absolute Gasteiger partial charge is 0.213 e. The van der Waals surface area contributed by atoms with Crippen molar-refractivity contribution >= 4 is 0 Å². The first-order valence-corrected chi connectivity index (χ1v) is 10.8. The Morgan fingerprint density at radius 3 is 2.21 bits per heavy atom. The maximum absolute atomic E-state index is 2.38. The quantitative estimate of drug-likeness (QED) is 0.344. The number of fused-ring (bicyclic) bond motifs is 3. The topological polar surface area (TPSA) is 3.88 Å². The molecule has 0 bridgehead atoms. The summed E-state index contributed by atoms with van der Waals surface area (Å²) in [5, 5.41) is 0. The minimum absolute atomic E-state index is 0.290. The van der Waals surface area contributed by atoms with Gasteiger partial charge in [-0.3, -0.25) is 0 Å². The number of pyridine rings is 1. The Bertz CT molecular complexity index is 1130. The molecule has 1 aromatic heterocycles. The zero-order chi connectivity index (χ0) is 21.1. The van der Waals surface area contributed by atoms with Crippen molar-refractivity contribution in [1.82, 2.24) is 0 Å². The molecule has 29 heavy (non-hydrogen) atoms. The number of benzene rings is 2. The van der Waals surface area contributed by atoms with Crippen molar-refractivity contribution in [3.63, 3.8) is 0 Å². The molecular weight excluding hydrogens is 350 g/mol. The van der Waals surface area contributed by atoms with Crippen LogP contribution in [0.2, 0.25) is 0 Å². The molecule has 150 valence electrons. The van der Waals surface area contributed by atoms with Gasteiger partial charge in [-0.2, -0.15) is 0 Å². The summed E-state index contributed by atoms with van der Waals surface area (Å²) in [5.74, 6) is 0. The fourth-order valence-corrected chi connectivity index (χ4v) is 5.10. The lowest BCUT2D eigenvalue weighted by Gasteiger charge is -2.20. The van der Waals surface area contributed by atoms with Gasteiger partial charge in [0.25, 0.3) is 0 Å². The van der Waals surface area contributed by atoms with E-state index in [2.05, 4.69) is 96.6 Å². The Kier molecular flexibility index (Phi) is 4.69. The summed E-state index contributed by atoms with van der Waals surface area (Å²) in [5.41, 5.74) is 16.0. The van der Waals surface area contributed by atoms with E-state index in [9.17, 15) is 0 Å². The number of hydrogen-bond donors (Lipinski definition) is 0. The van der Waals surface area contributed by atoms with Crippen LogP contribution in [0.15, 0.2) is 36.5 Å². The highest BCUT2D eigenvalue weighted by atomic mass is 14.9. The summed E-state index contributed by atoms with van der Waals surface area (Å²) >= 11 is 0. The lowest BCUT2D eigenvalue weighted by atomic mass is 9.85. The lowest BCUT2D eigenvalue weighted by molar-refractivity contribution is -0.660. The molecular formula is C28H34N+. The van der Waals surface area contributed by atoms with Gasteiger partial charge in [0, 0.05) is 11.6 Å². The van der Waals surface area contributed by atoms with Gasteiger partial charge in [0.1, 0.15) is 7.05 Å². The maximum Gasteiger partial charge on any atom is 0.213 e. The van der Waals surface area contributed by atoms with E-state index in [-0.39, 0.29) is 5.41 Å². The number of hydrogen-bond acceptors (Lipinski definition) is 0. The van der Waals surface area contributed by atoms with Gasteiger partial charge in [-0.05, 0) is 90.5 Å². The van der Waals surface area contributed by atoms with E-state index < -0.39 is 0 Å². The summed E-state index contributed by atoms with van der Waals surface area (Å²) in [6, 6.07) is 11.7. The molecule has 0 N–H and O–H groups in total. The molecule has 0 saturated heterocycles. The van der Waals surface area contributed by atoms with Crippen molar-refractivity contribution in [2.24, 2.45) is 12.5 Å². The highest BCUT2D eigenvalue weighted by molar-refractivity contribution is 5.87. The molecule has 1 nitrogen and oxygen atoms in total. The van der Waals surface area contributed by atoms with Gasteiger partial charge in [0.15, 0.2) is 6.20 Å². The van der Waals surface area contributed by atoms with Crippen LogP contribution in [-0.4, -0.2) is 0 Å².